The topological polar surface area (TPSA) is 78.9 Å². The van der Waals surface area contributed by atoms with Gasteiger partial charge in [0.15, 0.2) is 0 Å². The fourth-order valence-electron chi connectivity index (χ4n) is 1.69. The van der Waals surface area contributed by atoms with Gasteiger partial charge in [-0.05, 0) is 37.3 Å². The van der Waals surface area contributed by atoms with Gasteiger partial charge < -0.3 is 19.0 Å². The number of aldehydes is 1. The van der Waals surface area contributed by atoms with Gasteiger partial charge in [0, 0.05) is 6.92 Å². The summed E-state index contributed by atoms with van der Waals surface area (Å²) in [5.74, 6) is -0.153. The summed E-state index contributed by atoms with van der Waals surface area (Å²) in [6, 6.07) is 13.2. The van der Waals surface area contributed by atoms with Crippen molar-refractivity contribution in [3.05, 3.63) is 54.1 Å². The minimum Gasteiger partial charge on any atom is -0.497 e. The van der Waals surface area contributed by atoms with E-state index in [-0.39, 0.29) is 11.3 Å². The van der Waals surface area contributed by atoms with Crippen molar-refractivity contribution in [3.63, 3.8) is 0 Å². The Morgan fingerprint density at radius 2 is 1.58 bits per heavy atom. The molecule has 0 aromatic heterocycles. The number of rotatable bonds is 4. The molecule has 0 heterocycles. The summed E-state index contributed by atoms with van der Waals surface area (Å²) in [6.45, 7) is 2.70. The Kier molecular flexibility index (Phi) is 7.70. The quantitative estimate of drug-likeness (QED) is 0.487. The molecule has 0 aliphatic heterocycles. The summed E-state index contributed by atoms with van der Waals surface area (Å²) < 4.78 is 15.3. The van der Waals surface area contributed by atoms with E-state index >= 15 is 0 Å². The van der Waals surface area contributed by atoms with Crippen LogP contribution in [0.15, 0.2) is 48.5 Å². The molecule has 0 saturated carbocycles. The molecule has 2 aromatic carbocycles. The van der Waals surface area contributed by atoms with E-state index in [4.69, 9.17) is 19.0 Å². The Hall–Kier alpha value is -3.15. The minimum absolute atomic E-state index is 0.119. The van der Waals surface area contributed by atoms with Gasteiger partial charge in [0.2, 0.25) is 0 Å². The van der Waals surface area contributed by atoms with Crippen molar-refractivity contribution in [1.82, 2.24) is 0 Å². The van der Waals surface area contributed by atoms with Crippen LogP contribution in [-0.4, -0.2) is 25.3 Å². The maximum absolute atomic E-state index is 12.2. The third kappa shape index (κ3) is 5.92. The molecule has 6 heteroatoms. The molecule has 6 nitrogen and oxygen atoms in total. The Morgan fingerprint density at radius 1 is 0.958 bits per heavy atom. The smallest absolute Gasteiger partial charge is 0.347 e. The predicted octanol–water partition coefficient (Wildman–Crippen LogP) is 3.04. The van der Waals surface area contributed by atoms with Gasteiger partial charge in [0.05, 0.1) is 7.11 Å². The lowest BCUT2D eigenvalue weighted by Crippen LogP contribution is -2.12. The second-order valence-electron chi connectivity index (χ2n) is 4.39. The van der Waals surface area contributed by atoms with E-state index in [2.05, 4.69) is 0 Å². The van der Waals surface area contributed by atoms with Crippen molar-refractivity contribution >= 4 is 18.2 Å². The lowest BCUT2D eigenvalue weighted by Gasteiger charge is -2.10. The number of carbonyl (C=O) groups is 3. The van der Waals surface area contributed by atoms with Crippen molar-refractivity contribution in [2.75, 3.05) is 7.11 Å². The maximum Gasteiger partial charge on any atom is 0.347 e. The van der Waals surface area contributed by atoms with Crippen molar-refractivity contribution in [1.29, 1.82) is 0 Å². The van der Waals surface area contributed by atoms with E-state index < -0.39 is 11.9 Å². The van der Waals surface area contributed by atoms with Crippen LogP contribution in [0.4, 0.5) is 0 Å². The highest BCUT2D eigenvalue weighted by Gasteiger charge is 2.17. The summed E-state index contributed by atoms with van der Waals surface area (Å²) >= 11 is 0. The monoisotopic (exact) mass is 330 g/mol. The van der Waals surface area contributed by atoms with Gasteiger partial charge in [-0.3, -0.25) is 4.79 Å². The van der Waals surface area contributed by atoms with Crippen LogP contribution < -0.4 is 14.2 Å². The summed E-state index contributed by atoms with van der Waals surface area (Å²) in [7, 11) is 1.48. The third-order valence-corrected chi connectivity index (χ3v) is 2.61. The van der Waals surface area contributed by atoms with Crippen molar-refractivity contribution in [2.45, 2.75) is 13.8 Å². The van der Waals surface area contributed by atoms with E-state index in [0.29, 0.717) is 11.5 Å². The van der Waals surface area contributed by atoms with Crippen LogP contribution in [0.2, 0.25) is 0 Å². The van der Waals surface area contributed by atoms with E-state index in [9.17, 15) is 9.59 Å². The molecule has 0 amide bonds. The van der Waals surface area contributed by atoms with Gasteiger partial charge >= 0.3 is 11.9 Å². The summed E-state index contributed by atoms with van der Waals surface area (Å²) in [5.41, 5.74) is 0.119. The normalized spacial score (nSPS) is 9.12. The van der Waals surface area contributed by atoms with Gasteiger partial charge in [0.1, 0.15) is 29.1 Å². The van der Waals surface area contributed by atoms with E-state index in [1.165, 1.54) is 33.1 Å². The fourth-order valence-corrected chi connectivity index (χ4v) is 1.69. The number of methoxy groups -OCH3 is 1. The maximum atomic E-state index is 12.2. The molecule has 2 rings (SSSR count). The number of ether oxygens (including phenoxy) is 3. The van der Waals surface area contributed by atoms with Gasteiger partial charge in [-0.15, -0.1) is 0 Å². The molecule has 2 aromatic rings. The molecule has 0 atom stereocenters. The summed E-state index contributed by atoms with van der Waals surface area (Å²) in [4.78, 5) is 32.1. The van der Waals surface area contributed by atoms with Gasteiger partial charge in [-0.25, -0.2) is 4.79 Å². The Labute approximate surface area is 140 Å². The molecule has 0 bridgehead atoms. The molecule has 0 spiro atoms. The van der Waals surface area contributed by atoms with Crippen LogP contribution in [0.3, 0.4) is 0 Å². The van der Waals surface area contributed by atoms with Crippen molar-refractivity contribution < 1.29 is 28.6 Å². The van der Waals surface area contributed by atoms with Crippen LogP contribution in [0.5, 0.6) is 17.2 Å². The van der Waals surface area contributed by atoms with Crippen LogP contribution in [-0.2, 0) is 9.59 Å². The largest absolute Gasteiger partial charge is 0.497 e. The Balaban J connectivity index is 0.000000891. The van der Waals surface area contributed by atoms with Gasteiger partial charge in [-0.2, -0.15) is 0 Å². The van der Waals surface area contributed by atoms with E-state index in [1.807, 2.05) is 6.07 Å². The molecule has 24 heavy (non-hydrogen) atoms. The average molecular weight is 330 g/mol. The Bertz CT molecular complexity index is 694. The average Bonchev–Trinajstić information content (AvgIpc) is 2.56. The molecule has 0 N–H and O–H groups in total. The first-order chi connectivity index (χ1) is 11.5. The van der Waals surface area contributed by atoms with Crippen LogP contribution >= 0.6 is 0 Å². The predicted molar refractivity (Wildman–Crippen MR) is 87.4 cm³/mol. The highest BCUT2D eigenvalue weighted by Crippen LogP contribution is 2.26. The molecule has 0 aliphatic rings. The molecule has 126 valence electrons. The van der Waals surface area contributed by atoms with Crippen molar-refractivity contribution in [3.8, 4) is 17.2 Å². The zero-order valence-electron chi connectivity index (χ0n) is 13.6. The van der Waals surface area contributed by atoms with Crippen LogP contribution in [0.25, 0.3) is 0 Å². The first kappa shape index (κ1) is 18.9. The number of benzene rings is 2. The first-order valence-electron chi connectivity index (χ1n) is 7.05. The number of hydrogen-bond acceptors (Lipinski definition) is 6. The molecule has 0 aliphatic carbocycles. The summed E-state index contributed by atoms with van der Waals surface area (Å²) in [6.07, 6.45) is 0.750. The lowest BCUT2D eigenvalue weighted by atomic mass is 10.2. The number of hydrogen-bond donors (Lipinski definition) is 0. The number of esters is 2. The van der Waals surface area contributed by atoms with E-state index in [0.717, 1.165) is 6.29 Å². The second kappa shape index (κ2) is 9.78. The molecule has 0 saturated heterocycles. The number of para-hydroxylation sites is 1. The van der Waals surface area contributed by atoms with E-state index in [1.54, 1.807) is 30.3 Å². The third-order valence-electron chi connectivity index (χ3n) is 2.61. The number of carbonyl (C=O) groups excluding carboxylic acids is 3. The Morgan fingerprint density at radius 3 is 2.12 bits per heavy atom. The minimum atomic E-state index is -0.628. The summed E-state index contributed by atoms with van der Waals surface area (Å²) in [5, 5.41) is 0. The molecule has 0 fully saturated rings. The second-order valence-corrected chi connectivity index (χ2v) is 4.39. The lowest BCUT2D eigenvalue weighted by molar-refractivity contribution is -0.131. The highest BCUT2D eigenvalue weighted by molar-refractivity contribution is 5.95. The standard InChI is InChI=1S/C16H14O5.C2H4O/c1-11(17)20-15-9-8-13(19-2)10-14(15)16(18)21-12-6-4-3-5-7-12;1-2-3/h3-10H,1-2H3;2H,1H3. The van der Waals surface area contributed by atoms with Crippen LogP contribution in [0.1, 0.15) is 24.2 Å². The van der Waals surface area contributed by atoms with Gasteiger partial charge in [-0.1, -0.05) is 18.2 Å². The highest BCUT2D eigenvalue weighted by atomic mass is 16.5. The van der Waals surface area contributed by atoms with Crippen LogP contribution in [0, 0.1) is 0 Å². The molecular weight excluding hydrogens is 312 g/mol. The molecular formula is C18H18O6. The zero-order valence-corrected chi connectivity index (χ0v) is 13.6. The van der Waals surface area contributed by atoms with Gasteiger partial charge in [0.25, 0.3) is 0 Å². The molecule has 0 radical (unpaired) electrons. The zero-order chi connectivity index (χ0) is 17.9. The molecule has 0 unspecified atom stereocenters. The SMILES string of the molecule is CC=O.COc1ccc(OC(C)=O)c(C(=O)Oc2ccccc2)c1. The van der Waals surface area contributed by atoms with Crippen molar-refractivity contribution in [2.24, 2.45) is 0 Å². The fraction of sp³-hybridized carbons (Fsp3) is 0.167. The first-order valence-corrected chi connectivity index (χ1v) is 7.05.